The van der Waals surface area contributed by atoms with Crippen LogP contribution in [-0.4, -0.2) is 146 Å². The van der Waals surface area contributed by atoms with E-state index in [1.807, 2.05) is 14.1 Å². The molecular weight excluding hydrogens is 628 g/mol. The summed E-state index contributed by atoms with van der Waals surface area (Å²) < 4.78 is 21.9. The molecule has 17 nitrogen and oxygen atoms in total. The number of carbonyl (C=O) groups is 5. The Hall–Kier alpha value is -3.09. The molecule has 0 aromatic carbocycles. The van der Waals surface area contributed by atoms with Crippen LogP contribution in [0.5, 0.6) is 0 Å². The van der Waals surface area contributed by atoms with Gasteiger partial charge in [0.2, 0.25) is 23.6 Å². The van der Waals surface area contributed by atoms with Crippen molar-refractivity contribution in [3.05, 3.63) is 0 Å². The molecule has 0 saturated heterocycles. The Morgan fingerprint density at radius 2 is 1.23 bits per heavy atom. The molecule has 3 atom stereocenters. The number of unbranched alkanes of at least 4 members (excludes halogenated alkanes) is 1. The summed E-state index contributed by atoms with van der Waals surface area (Å²) in [6.07, 6.45) is 3.44. The number of ether oxygens (including phenoxy) is 4. The number of primary amides is 2. The molecule has 0 radical (unpaired) electrons. The van der Waals surface area contributed by atoms with Gasteiger partial charge < -0.3 is 61.9 Å². The zero-order valence-corrected chi connectivity index (χ0v) is 29.6. The normalized spacial score (nSPS) is 13.1. The van der Waals surface area contributed by atoms with Gasteiger partial charge in [0.1, 0.15) is 12.1 Å². The van der Waals surface area contributed by atoms with E-state index in [-0.39, 0.29) is 56.4 Å². The van der Waals surface area contributed by atoms with Gasteiger partial charge in [-0.05, 0) is 59.3 Å². The third kappa shape index (κ3) is 25.0. The number of hydrogen-bond donors (Lipinski definition) is 7. The molecule has 6 amide bonds. The van der Waals surface area contributed by atoms with E-state index in [0.29, 0.717) is 52.6 Å². The predicted molar refractivity (Wildman–Crippen MR) is 181 cm³/mol. The van der Waals surface area contributed by atoms with Crippen molar-refractivity contribution < 1.29 is 42.9 Å². The van der Waals surface area contributed by atoms with Crippen LogP contribution in [0.1, 0.15) is 52.4 Å². The Morgan fingerprint density at radius 3 is 1.75 bits per heavy atom. The van der Waals surface area contributed by atoms with E-state index < -0.39 is 29.9 Å². The smallest absolute Gasteiger partial charge is 0.312 e. The molecule has 0 fully saturated rings. The number of nitrogens with two attached hydrogens (primary N) is 2. The summed E-state index contributed by atoms with van der Waals surface area (Å²) >= 11 is 0. The van der Waals surface area contributed by atoms with Gasteiger partial charge >= 0.3 is 6.03 Å². The lowest BCUT2D eigenvalue weighted by atomic mass is 10.0. The largest absolute Gasteiger partial charge is 0.379 e. The van der Waals surface area contributed by atoms with Gasteiger partial charge in [0.25, 0.3) is 0 Å². The van der Waals surface area contributed by atoms with Crippen molar-refractivity contribution >= 4 is 29.7 Å². The first-order valence-corrected chi connectivity index (χ1v) is 16.7. The fourth-order valence-electron chi connectivity index (χ4n) is 4.32. The molecule has 0 bridgehead atoms. The van der Waals surface area contributed by atoms with Gasteiger partial charge in [-0.25, -0.2) is 4.79 Å². The number of nitrogens with zero attached hydrogens (tertiary/aromatic N) is 1. The third-order valence-electron chi connectivity index (χ3n) is 7.04. The van der Waals surface area contributed by atoms with Crippen molar-refractivity contribution in [1.29, 1.82) is 0 Å². The van der Waals surface area contributed by atoms with Crippen molar-refractivity contribution in [1.82, 2.24) is 31.5 Å². The zero-order chi connectivity index (χ0) is 36.2. The third-order valence-corrected chi connectivity index (χ3v) is 7.04. The summed E-state index contributed by atoms with van der Waals surface area (Å²) in [4.78, 5) is 62.2. The van der Waals surface area contributed by atoms with Crippen LogP contribution in [0.2, 0.25) is 0 Å². The molecule has 0 spiro atoms. The summed E-state index contributed by atoms with van der Waals surface area (Å²) in [6, 6.07) is -2.72. The van der Waals surface area contributed by atoms with Crippen LogP contribution in [0.15, 0.2) is 0 Å². The lowest BCUT2D eigenvalue weighted by molar-refractivity contribution is -0.132. The van der Waals surface area contributed by atoms with E-state index in [0.717, 1.165) is 25.8 Å². The first kappa shape index (κ1) is 44.9. The average Bonchev–Trinajstić information content (AvgIpc) is 3.02. The fraction of sp³-hybridized carbons (Fsp3) is 0.839. The monoisotopic (exact) mass is 690 g/mol. The highest BCUT2D eigenvalue weighted by atomic mass is 16.6. The number of rotatable bonds is 31. The van der Waals surface area contributed by atoms with Crippen molar-refractivity contribution in [2.45, 2.75) is 70.5 Å². The van der Waals surface area contributed by atoms with E-state index in [9.17, 15) is 24.0 Å². The minimum absolute atomic E-state index is 0.0199. The maximum Gasteiger partial charge on any atom is 0.312 e. The average molecular weight is 691 g/mol. The minimum atomic E-state index is -0.956. The highest BCUT2D eigenvalue weighted by Crippen LogP contribution is 2.05. The molecule has 0 aromatic heterocycles. The Bertz CT molecular complexity index is 911. The minimum Gasteiger partial charge on any atom is -0.379 e. The molecule has 0 aliphatic carbocycles. The maximum atomic E-state index is 12.8. The van der Waals surface area contributed by atoms with E-state index in [4.69, 9.17) is 30.4 Å². The van der Waals surface area contributed by atoms with Crippen LogP contribution in [0.4, 0.5) is 4.79 Å². The van der Waals surface area contributed by atoms with Gasteiger partial charge in [0.05, 0.1) is 58.9 Å². The first-order chi connectivity index (χ1) is 22.9. The summed E-state index contributed by atoms with van der Waals surface area (Å²) in [5.74, 6) is -1.90. The molecule has 0 aliphatic heterocycles. The molecule has 17 heteroatoms. The summed E-state index contributed by atoms with van der Waals surface area (Å²) in [6.45, 7) is 7.93. The summed E-state index contributed by atoms with van der Waals surface area (Å²) in [5, 5.41) is 13.6. The van der Waals surface area contributed by atoms with Gasteiger partial charge in [0, 0.05) is 19.5 Å². The van der Waals surface area contributed by atoms with Gasteiger partial charge in [-0.2, -0.15) is 0 Å². The second kappa shape index (κ2) is 28.9. The second-order valence-corrected chi connectivity index (χ2v) is 11.8. The Kier molecular flexibility index (Phi) is 27.0. The molecule has 0 saturated carbocycles. The lowest BCUT2D eigenvalue weighted by Gasteiger charge is -2.24. The number of likely N-dealkylation sites (N-methyl/N-ethyl adjacent to an activating group) is 1. The van der Waals surface area contributed by atoms with Crippen molar-refractivity contribution in [2.75, 3.05) is 93.6 Å². The number of urea groups is 1. The van der Waals surface area contributed by atoms with Gasteiger partial charge in [-0.1, -0.05) is 20.3 Å². The quantitative estimate of drug-likeness (QED) is 0.0411. The lowest BCUT2D eigenvalue weighted by Crippen LogP contribution is -2.54. The topological polar surface area (TPSA) is 238 Å². The molecule has 3 unspecified atom stereocenters. The molecule has 48 heavy (non-hydrogen) atoms. The summed E-state index contributed by atoms with van der Waals surface area (Å²) in [7, 11) is 5.87. The van der Waals surface area contributed by atoms with Crippen LogP contribution in [0, 0.1) is 5.92 Å². The number of hydrogen-bond acceptors (Lipinski definition) is 11. The van der Waals surface area contributed by atoms with Crippen LogP contribution in [-0.2, 0) is 38.1 Å². The van der Waals surface area contributed by atoms with E-state index in [1.54, 1.807) is 20.9 Å². The van der Waals surface area contributed by atoms with Crippen LogP contribution in [0.25, 0.3) is 0 Å². The Morgan fingerprint density at radius 1 is 0.667 bits per heavy atom. The molecule has 0 heterocycles. The van der Waals surface area contributed by atoms with Crippen molar-refractivity contribution in [3.63, 3.8) is 0 Å². The van der Waals surface area contributed by atoms with Crippen LogP contribution < -0.4 is 38.1 Å². The van der Waals surface area contributed by atoms with Gasteiger partial charge in [-0.3, -0.25) is 19.2 Å². The van der Waals surface area contributed by atoms with Crippen molar-refractivity contribution in [2.24, 2.45) is 17.4 Å². The van der Waals surface area contributed by atoms with E-state index >= 15 is 0 Å². The maximum absolute atomic E-state index is 12.8. The highest BCUT2D eigenvalue weighted by molar-refractivity contribution is 5.91. The zero-order valence-electron chi connectivity index (χ0n) is 29.6. The van der Waals surface area contributed by atoms with Gasteiger partial charge in [0.15, 0.2) is 0 Å². The number of amides is 6. The van der Waals surface area contributed by atoms with Crippen LogP contribution >= 0.6 is 0 Å². The van der Waals surface area contributed by atoms with E-state index in [1.165, 1.54) is 0 Å². The highest BCUT2D eigenvalue weighted by Gasteiger charge is 2.27. The number of nitrogens with one attached hydrogen (secondary N) is 5. The predicted octanol–water partition coefficient (Wildman–Crippen LogP) is -1.56. The van der Waals surface area contributed by atoms with Crippen LogP contribution in [0.3, 0.4) is 0 Å². The molecule has 280 valence electrons. The molecule has 9 N–H and O–H groups in total. The summed E-state index contributed by atoms with van der Waals surface area (Å²) in [5.41, 5.74) is 10.4. The van der Waals surface area contributed by atoms with Crippen molar-refractivity contribution in [3.8, 4) is 0 Å². The molecule has 0 aliphatic rings. The molecule has 0 aromatic rings. The Balaban J connectivity index is 3.91. The second-order valence-electron chi connectivity index (χ2n) is 11.8. The van der Waals surface area contributed by atoms with E-state index in [2.05, 4.69) is 31.5 Å². The molecule has 0 rings (SSSR count). The first-order valence-electron chi connectivity index (χ1n) is 16.7. The standard InChI is InChI=1S/C31H62N8O9/c1-23(2)27(30(43)37-24(28(32)41)10-8-12-36-31(33)44)38-26(40)11-15-45-17-19-47-21-22-48-20-18-46-16-13-35-29(42)25(34-3)9-6-7-14-39(4)5/h23-25,27,34H,6-22H2,1-5H3,(H2,32,41)(H,35,42)(H,37,43)(H,38,40)(H3,33,36,44). The fourth-order valence-corrected chi connectivity index (χ4v) is 4.32. The van der Waals surface area contributed by atoms with Gasteiger partial charge in [-0.15, -0.1) is 0 Å². The Labute approximate surface area is 285 Å². The number of carbonyl (C=O) groups excluding carboxylic acids is 5. The molecular formula is C31H62N8O9. The SMILES string of the molecule is CNC(CCCCN(C)C)C(=O)NCCOCCOCCOCCOCCC(=O)NC(C(=O)NC(CCCNC(N)=O)C(N)=O)C(C)C.